The van der Waals surface area contributed by atoms with E-state index >= 15 is 0 Å². The third-order valence-electron chi connectivity index (χ3n) is 2.66. The summed E-state index contributed by atoms with van der Waals surface area (Å²) >= 11 is 0. The van der Waals surface area contributed by atoms with Gasteiger partial charge in [0.25, 0.3) is 5.91 Å². The van der Waals surface area contributed by atoms with Gasteiger partial charge in [0.1, 0.15) is 5.75 Å². The van der Waals surface area contributed by atoms with E-state index in [1.807, 2.05) is 31.2 Å². The summed E-state index contributed by atoms with van der Waals surface area (Å²) in [6.45, 7) is 4.65. The lowest BCUT2D eigenvalue weighted by Crippen LogP contribution is -2.35. The lowest BCUT2D eigenvalue weighted by atomic mass is 10.2. The average molecular weight is 250 g/mol. The number of nitrogens with two attached hydrogens (primary N) is 1. The number of benzene rings is 1. The quantitative estimate of drug-likeness (QED) is 0.776. The van der Waals surface area contributed by atoms with Crippen LogP contribution in [0.15, 0.2) is 24.3 Å². The Morgan fingerprint density at radius 2 is 2.06 bits per heavy atom. The zero-order chi connectivity index (χ0) is 13.4. The van der Waals surface area contributed by atoms with Gasteiger partial charge in [0, 0.05) is 12.6 Å². The molecular formula is C14H22N2O2. The van der Waals surface area contributed by atoms with Crippen LogP contribution >= 0.6 is 0 Å². The Bertz CT molecular complexity index is 363. The van der Waals surface area contributed by atoms with Crippen molar-refractivity contribution < 1.29 is 9.53 Å². The lowest BCUT2D eigenvalue weighted by molar-refractivity contribution is -0.123. The largest absolute Gasteiger partial charge is 0.484 e. The molecule has 0 fully saturated rings. The molecule has 0 radical (unpaired) electrons. The van der Waals surface area contributed by atoms with Gasteiger partial charge in [-0.2, -0.15) is 0 Å². The first-order valence-electron chi connectivity index (χ1n) is 6.37. The van der Waals surface area contributed by atoms with E-state index in [9.17, 15) is 4.79 Å². The number of hydrogen-bond donors (Lipinski definition) is 2. The Morgan fingerprint density at radius 3 is 2.61 bits per heavy atom. The van der Waals surface area contributed by atoms with Crippen LogP contribution in [0.3, 0.4) is 0 Å². The predicted octanol–water partition coefficient (Wildman–Crippen LogP) is 1.83. The van der Waals surface area contributed by atoms with Gasteiger partial charge in [-0.05, 0) is 31.0 Å². The van der Waals surface area contributed by atoms with E-state index in [0.29, 0.717) is 12.3 Å². The van der Waals surface area contributed by atoms with Gasteiger partial charge in [0.05, 0.1) is 0 Å². The van der Waals surface area contributed by atoms with E-state index in [4.69, 9.17) is 10.5 Å². The molecular weight excluding hydrogens is 228 g/mol. The lowest BCUT2D eigenvalue weighted by Gasteiger charge is -2.13. The molecule has 1 aromatic rings. The average Bonchev–Trinajstić information content (AvgIpc) is 2.37. The highest BCUT2D eigenvalue weighted by Crippen LogP contribution is 2.11. The van der Waals surface area contributed by atoms with Crippen LogP contribution < -0.4 is 15.8 Å². The van der Waals surface area contributed by atoms with Crippen LogP contribution in [0.1, 0.15) is 32.3 Å². The maximum Gasteiger partial charge on any atom is 0.258 e. The van der Waals surface area contributed by atoms with E-state index < -0.39 is 0 Å². The topological polar surface area (TPSA) is 64.3 Å². The smallest absolute Gasteiger partial charge is 0.258 e. The Hall–Kier alpha value is -1.55. The molecule has 0 heterocycles. The molecule has 18 heavy (non-hydrogen) atoms. The zero-order valence-electron chi connectivity index (χ0n) is 11.1. The van der Waals surface area contributed by atoms with Gasteiger partial charge >= 0.3 is 0 Å². The fourth-order valence-electron chi connectivity index (χ4n) is 1.69. The first kappa shape index (κ1) is 14.5. The molecule has 0 spiro atoms. The van der Waals surface area contributed by atoms with Crippen LogP contribution in [-0.2, 0) is 11.3 Å². The Morgan fingerprint density at radius 1 is 1.39 bits per heavy atom. The summed E-state index contributed by atoms with van der Waals surface area (Å²) in [5.41, 5.74) is 6.55. The van der Waals surface area contributed by atoms with Gasteiger partial charge in [-0.25, -0.2) is 0 Å². The monoisotopic (exact) mass is 250 g/mol. The second-order valence-corrected chi connectivity index (χ2v) is 4.39. The Balaban J connectivity index is 2.33. The van der Waals surface area contributed by atoms with Gasteiger partial charge in [-0.3, -0.25) is 4.79 Å². The van der Waals surface area contributed by atoms with Crippen LogP contribution in [0.2, 0.25) is 0 Å². The van der Waals surface area contributed by atoms with E-state index in [1.54, 1.807) is 0 Å². The van der Waals surface area contributed by atoms with E-state index in [1.165, 1.54) is 0 Å². The summed E-state index contributed by atoms with van der Waals surface area (Å²) in [5.74, 6) is 0.601. The second kappa shape index (κ2) is 7.71. The van der Waals surface area contributed by atoms with Gasteiger partial charge in [0.2, 0.25) is 0 Å². The molecule has 1 aromatic carbocycles. The molecule has 4 nitrogen and oxygen atoms in total. The maximum absolute atomic E-state index is 11.6. The van der Waals surface area contributed by atoms with Crippen LogP contribution in [0.4, 0.5) is 0 Å². The van der Waals surface area contributed by atoms with Crippen molar-refractivity contribution in [1.29, 1.82) is 0 Å². The van der Waals surface area contributed by atoms with Crippen LogP contribution in [0.5, 0.6) is 5.75 Å². The molecule has 1 rings (SSSR count). The van der Waals surface area contributed by atoms with Gasteiger partial charge in [-0.15, -0.1) is 0 Å². The fourth-order valence-corrected chi connectivity index (χ4v) is 1.69. The Labute approximate surface area is 109 Å². The highest BCUT2D eigenvalue weighted by atomic mass is 16.5. The van der Waals surface area contributed by atoms with Crippen molar-refractivity contribution in [2.24, 2.45) is 5.73 Å². The van der Waals surface area contributed by atoms with Gasteiger partial charge < -0.3 is 15.8 Å². The molecule has 0 saturated heterocycles. The fraction of sp³-hybridized carbons (Fsp3) is 0.500. The molecule has 0 aromatic heterocycles. The molecule has 0 bridgehead atoms. The number of amides is 1. The highest BCUT2D eigenvalue weighted by molar-refractivity contribution is 5.77. The van der Waals surface area contributed by atoms with Crippen molar-refractivity contribution in [2.75, 3.05) is 6.61 Å². The third-order valence-corrected chi connectivity index (χ3v) is 2.66. The van der Waals surface area contributed by atoms with Crippen molar-refractivity contribution in [3.05, 3.63) is 29.8 Å². The van der Waals surface area contributed by atoms with E-state index in [0.717, 1.165) is 18.4 Å². The first-order valence-corrected chi connectivity index (χ1v) is 6.37. The molecule has 0 aliphatic rings. The minimum atomic E-state index is -0.0844. The number of carbonyl (C=O) groups excluding carboxylic acids is 1. The molecule has 0 saturated carbocycles. The number of rotatable bonds is 7. The van der Waals surface area contributed by atoms with Crippen molar-refractivity contribution in [2.45, 2.75) is 39.3 Å². The maximum atomic E-state index is 11.6. The van der Waals surface area contributed by atoms with Crippen LogP contribution in [0, 0.1) is 0 Å². The van der Waals surface area contributed by atoms with Crippen molar-refractivity contribution in [3.8, 4) is 5.75 Å². The summed E-state index contributed by atoms with van der Waals surface area (Å²) in [6, 6.07) is 7.64. The molecule has 1 unspecified atom stereocenters. The van der Waals surface area contributed by atoms with Crippen molar-refractivity contribution in [3.63, 3.8) is 0 Å². The van der Waals surface area contributed by atoms with E-state index in [2.05, 4.69) is 12.2 Å². The van der Waals surface area contributed by atoms with E-state index in [-0.39, 0.29) is 18.6 Å². The summed E-state index contributed by atoms with van der Waals surface area (Å²) in [4.78, 5) is 11.6. The summed E-state index contributed by atoms with van der Waals surface area (Å²) in [6.07, 6.45) is 2.04. The normalized spacial score (nSPS) is 11.9. The molecule has 3 N–H and O–H groups in total. The summed E-state index contributed by atoms with van der Waals surface area (Å²) < 4.78 is 5.39. The minimum absolute atomic E-state index is 0.0516. The van der Waals surface area contributed by atoms with Crippen LogP contribution in [0.25, 0.3) is 0 Å². The molecule has 0 aliphatic heterocycles. The first-order chi connectivity index (χ1) is 8.65. The molecule has 0 aliphatic carbocycles. The zero-order valence-corrected chi connectivity index (χ0v) is 11.1. The standard InChI is InChI=1S/C14H22N2O2/c1-3-4-11(2)16-14(17)10-18-13-7-5-12(9-15)6-8-13/h5-8,11H,3-4,9-10,15H2,1-2H3,(H,16,17). The molecule has 1 atom stereocenters. The van der Waals surface area contributed by atoms with Crippen molar-refractivity contribution >= 4 is 5.91 Å². The summed E-state index contributed by atoms with van der Waals surface area (Å²) in [7, 11) is 0. The molecule has 100 valence electrons. The predicted molar refractivity (Wildman–Crippen MR) is 72.3 cm³/mol. The molecule has 4 heteroatoms. The number of carbonyl (C=O) groups is 1. The van der Waals surface area contributed by atoms with Crippen molar-refractivity contribution in [1.82, 2.24) is 5.32 Å². The third kappa shape index (κ3) is 5.19. The number of ether oxygens (including phenoxy) is 1. The highest BCUT2D eigenvalue weighted by Gasteiger charge is 2.06. The SMILES string of the molecule is CCCC(C)NC(=O)COc1ccc(CN)cc1. The molecule has 1 amide bonds. The second-order valence-electron chi connectivity index (χ2n) is 4.39. The van der Waals surface area contributed by atoms with Crippen LogP contribution in [-0.4, -0.2) is 18.6 Å². The number of nitrogens with one attached hydrogen (secondary N) is 1. The van der Waals surface area contributed by atoms with Gasteiger partial charge in [0.15, 0.2) is 6.61 Å². The minimum Gasteiger partial charge on any atom is -0.484 e. The Kier molecular flexibility index (Phi) is 6.22. The summed E-state index contributed by atoms with van der Waals surface area (Å²) in [5, 5.41) is 2.89. The number of hydrogen-bond acceptors (Lipinski definition) is 3. The van der Waals surface area contributed by atoms with Gasteiger partial charge in [-0.1, -0.05) is 25.5 Å².